The van der Waals surface area contributed by atoms with Crippen LogP contribution in [0.25, 0.3) is 0 Å². The van der Waals surface area contributed by atoms with E-state index in [0.717, 1.165) is 30.6 Å². The van der Waals surface area contributed by atoms with Crippen molar-refractivity contribution in [2.24, 2.45) is 5.92 Å². The van der Waals surface area contributed by atoms with Gasteiger partial charge in [-0.15, -0.1) is 0 Å². The Bertz CT molecular complexity index is 652. The smallest absolute Gasteiger partial charge is 0.226 e. The van der Waals surface area contributed by atoms with Gasteiger partial charge in [0.25, 0.3) is 0 Å². The van der Waals surface area contributed by atoms with E-state index in [9.17, 15) is 4.79 Å². The second-order valence-electron chi connectivity index (χ2n) is 7.24. The van der Waals surface area contributed by atoms with Gasteiger partial charge in [-0.3, -0.25) is 4.79 Å². The summed E-state index contributed by atoms with van der Waals surface area (Å²) in [5.74, 6) is 1.20. The molecule has 25 heavy (non-hydrogen) atoms. The van der Waals surface area contributed by atoms with Gasteiger partial charge in [0.15, 0.2) is 0 Å². The molecule has 0 aliphatic heterocycles. The first-order valence-electron chi connectivity index (χ1n) is 9.15. The third kappa shape index (κ3) is 4.73. The van der Waals surface area contributed by atoms with Gasteiger partial charge in [0.05, 0.1) is 12.8 Å². The lowest BCUT2D eigenvalue weighted by Crippen LogP contribution is -2.41. The van der Waals surface area contributed by atoms with Crippen LogP contribution in [0.5, 0.6) is 0 Å². The van der Waals surface area contributed by atoms with Crippen LogP contribution >= 0.6 is 0 Å². The molecule has 1 amide bonds. The summed E-state index contributed by atoms with van der Waals surface area (Å²) in [6.45, 7) is 1.16. The van der Waals surface area contributed by atoms with Crippen molar-refractivity contribution in [3.63, 3.8) is 0 Å². The molecule has 2 aromatic rings. The van der Waals surface area contributed by atoms with Gasteiger partial charge in [-0.05, 0) is 51.1 Å². The Morgan fingerprint density at radius 1 is 1.08 bits per heavy atom. The molecule has 0 N–H and O–H groups in total. The van der Waals surface area contributed by atoms with Crippen LogP contribution in [0.1, 0.15) is 37.0 Å². The third-order valence-electron chi connectivity index (χ3n) is 5.18. The number of carbonyl (C=O) groups is 1. The molecular weight excluding hydrogens is 312 g/mol. The summed E-state index contributed by atoms with van der Waals surface area (Å²) in [7, 11) is 4.23. The van der Waals surface area contributed by atoms with Gasteiger partial charge in [-0.25, -0.2) is 0 Å². The van der Waals surface area contributed by atoms with Gasteiger partial charge in [0.1, 0.15) is 5.76 Å². The first kappa shape index (κ1) is 17.7. The Morgan fingerprint density at radius 3 is 2.56 bits per heavy atom. The molecule has 1 heterocycles. The molecule has 4 heteroatoms. The predicted octanol–water partition coefficient (Wildman–Crippen LogP) is 3.93. The largest absolute Gasteiger partial charge is 0.467 e. The number of hydrogen-bond acceptors (Lipinski definition) is 3. The molecule has 1 aliphatic carbocycles. The highest BCUT2D eigenvalue weighted by Gasteiger charge is 2.31. The van der Waals surface area contributed by atoms with Crippen LogP contribution < -0.4 is 0 Å². The summed E-state index contributed by atoms with van der Waals surface area (Å²) in [5, 5.41) is 0. The molecule has 3 rings (SSSR count). The molecule has 0 unspecified atom stereocenters. The van der Waals surface area contributed by atoms with Crippen molar-refractivity contribution in [1.82, 2.24) is 9.80 Å². The first-order valence-corrected chi connectivity index (χ1v) is 9.15. The molecule has 1 saturated carbocycles. The summed E-state index contributed by atoms with van der Waals surface area (Å²) in [6, 6.07) is 14.5. The summed E-state index contributed by atoms with van der Waals surface area (Å²) in [4.78, 5) is 17.5. The van der Waals surface area contributed by atoms with Crippen molar-refractivity contribution in [3.8, 4) is 0 Å². The van der Waals surface area contributed by atoms with Crippen molar-refractivity contribution in [2.75, 3.05) is 14.1 Å². The van der Waals surface area contributed by atoms with Gasteiger partial charge in [-0.2, -0.15) is 0 Å². The molecule has 0 saturated heterocycles. The lowest BCUT2D eigenvalue weighted by molar-refractivity contribution is -0.138. The number of furan rings is 1. The molecular formula is C21H28N2O2. The highest BCUT2D eigenvalue weighted by Crippen LogP contribution is 2.29. The Labute approximate surface area is 150 Å². The molecule has 1 aromatic carbocycles. The van der Waals surface area contributed by atoms with Crippen molar-refractivity contribution < 1.29 is 9.21 Å². The standard InChI is InChI=1S/C21H28N2O2/c1-22(2)19-11-6-10-18(14-19)21(24)23(16-20-12-7-13-25-20)15-17-8-4-3-5-9-17/h3-5,7-9,12-13,18-19H,6,10-11,14-16H2,1-2H3/t18-,19-/m0/s1. The van der Waals surface area contributed by atoms with Crippen LogP contribution in [-0.4, -0.2) is 35.8 Å². The Kier molecular flexibility index (Phi) is 5.92. The quantitative estimate of drug-likeness (QED) is 0.799. The molecule has 2 atom stereocenters. The monoisotopic (exact) mass is 340 g/mol. The van der Waals surface area contributed by atoms with Crippen LogP contribution in [0.3, 0.4) is 0 Å². The Hall–Kier alpha value is -2.07. The van der Waals surface area contributed by atoms with Crippen LogP contribution in [0, 0.1) is 5.92 Å². The van der Waals surface area contributed by atoms with Crippen LogP contribution in [-0.2, 0) is 17.9 Å². The van der Waals surface area contributed by atoms with Crippen LogP contribution in [0.15, 0.2) is 53.1 Å². The summed E-state index contributed by atoms with van der Waals surface area (Å²) < 4.78 is 5.50. The fraction of sp³-hybridized carbons (Fsp3) is 0.476. The molecule has 0 radical (unpaired) electrons. The second kappa shape index (κ2) is 8.34. The van der Waals surface area contributed by atoms with E-state index in [2.05, 4.69) is 31.1 Å². The fourth-order valence-corrected chi connectivity index (χ4v) is 3.72. The average molecular weight is 340 g/mol. The fourth-order valence-electron chi connectivity index (χ4n) is 3.72. The number of amides is 1. The minimum Gasteiger partial charge on any atom is -0.467 e. The lowest BCUT2D eigenvalue weighted by Gasteiger charge is -2.35. The van der Waals surface area contributed by atoms with Gasteiger partial charge in [0, 0.05) is 18.5 Å². The van der Waals surface area contributed by atoms with Crippen molar-refractivity contribution >= 4 is 5.91 Å². The van der Waals surface area contributed by atoms with Gasteiger partial charge < -0.3 is 14.2 Å². The van der Waals surface area contributed by atoms with Gasteiger partial charge in [-0.1, -0.05) is 36.8 Å². The molecule has 1 fully saturated rings. The molecule has 0 bridgehead atoms. The summed E-state index contributed by atoms with van der Waals surface area (Å²) in [5.41, 5.74) is 1.15. The minimum absolute atomic E-state index is 0.111. The number of carbonyl (C=O) groups excluding carboxylic acids is 1. The van der Waals surface area contributed by atoms with E-state index in [4.69, 9.17) is 4.42 Å². The van der Waals surface area contributed by atoms with E-state index in [-0.39, 0.29) is 11.8 Å². The van der Waals surface area contributed by atoms with E-state index in [1.165, 1.54) is 6.42 Å². The maximum absolute atomic E-state index is 13.3. The van der Waals surface area contributed by atoms with Crippen molar-refractivity contribution in [2.45, 2.75) is 44.8 Å². The average Bonchev–Trinajstić information content (AvgIpc) is 3.14. The zero-order valence-electron chi connectivity index (χ0n) is 15.2. The second-order valence-corrected chi connectivity index (χ2v) is 7.24. The number of hydrogen-bond donors (Lipinski definition) is 0. The zero-order chi connectivity index (χ0) is 17.6. The van der Waals surface area contributed by atoms with E-state index in [1.54, 1.807) is 6.26 Å². The van der Waals surface area contributed by atoms with Gasteiger partial charge >= 0.3 is 0 Å². The highest BCUT2D eigenvalue weighted by atomic mass is 16.3. The number of nitrogens with zero attached hydrogens (tertiary/aromatic N) is 2. The van der Waals surface area contributed by atoms with Crippen LogP contribution in [0.4, 0.5) is 0 Å². The molecule has 4 nitrogen and oxygen atoms in total. The SMILES string of the molecule is CN(C)[C@H]1CCC[C@H](C(=O)N(Cc2ccccc2)Cc2ccco2)C1. The maximum atomic E-state index is 13.3. The first-order chi connectivity index (χ1) is 12.1. The predicted molar refractivity (Wildman–Crippen MR) is 98.8 cm³/mol. The summed E-state index contributed by atoms with van der Waals surface area (Å²) in [6.07, 6.45) is 5.93. The third-order valence-corrected chi connectivity index (χ3v) is 5.18. The van der Waals surface area contributed by atoms with E-state index in [0.29, 0.717) is 19.1 Å². The van der Waals surface area contributed by atoms with Crippen molar-refractivity contribution in [3.05, 3.63) is 60.1 Å². The molecule has 134 valence electrons. The Balaban J connectivity index is 1.74. The van der Waals surface area contributed by atoms with E-state index < -0.39 is 0 Å². The van der Waals surface area contributed by atoms with Crippen molar-refractivity contribution in [1.29, 1.82) is 0 Å². The number of rotatable bonds is 6. The topological polar surface area (TPSA) is 36.7 Å². The molecule has 1 aliphatic rings. The highest BCUT2D eigenvalue weighted by molar-refractivity contribution is 5.79. The Morgan fingerprint density at radius 2 is 1.88 bits per heavy atom. The lowest BCUT2D eigenvalue weighted by atomic mass is 9.84. The summed E-state index contributed by atoms with van der Waals surface area (Å²) >= 11 is 0. The zero-order valence-corrected chi connectivity index (χ0v) is 15.2. The molecule has 0 spiro atoms. The van der Waals surface area contributed by atoms with E-state index >= 15 is 0 Å². The van der Waals surface area contributed by atoms with Gasteiger partial charge in [0.2, 0.25) is 5.91 Å². The van der Waals surface area contributed by atoms with Crippen LogP contribution in [0.2, 0.25) is 0 Å². The minimum atomic E-state index is 0.111. The number of benzene rings is 1. The normalized spacial score (nSPS) is 20.6. The maximum Gasteiger partial charge on any atom is 0.226 e. The van der Waals surface area contributed by atoms with E-state index in [1.807, 2.05) is 35.2 Å². The molecule has 1 aromatic heterocycles.